The minimum atomic E-state index is -0.0468. The maximum absolute atomic E-state index is 12.1. The average molecular weight is 433 g/mol. The van der Waals surface area contributed by atoms with Crippen LogP contribution in [0, 0.1) is 0 Å². The molecule has 0 saturated carbocycles. The number of piperazine rings is 1. The third kappa shape index (κ3) is 3.84. The van der Waals surface area contributed by atoms with E-state index in [0.717, 1.165) is 41.6 Å². The summed E-state index contributed by atoms with van der Waals surface area (Å²) in [7, 11) is 0. The molecule has 1 amide bonds. The largest absolute Gasteiger partial charge is 0.368 e. The predicted molar refractivity (Wildman–Crippen MR) is 107 cm³/mol. The first-order chi connectivity index (χ1) is 12.7. The van der Waals surface area contributed by atoms with Gasteiger partial charge in [0.15, 0.2) is 0 Å². The Morgan fingerprint density at radius 2 is 2.08 bits per heavy atom. The van der Waals surface area contributed by atoms with Crippen LogP contribution in [0.4, 0.5) is 10.8 Å². The molecule has 1 aliphatic heterocycles. The van der Waals surface area contributed by atoms with E-state index in [1.807, 2.05) is 18.3 Å². The molecule has 1 saturated heterocycles. The molecule has 0 atom stereocenters. The van der Waals surface area contributed by atoms with Crippen LogP contribution in [0.5, 0.6) is 0 Å². The number of carbonyl (C=O) groups is 1. The first kappa shape index (κ1) is 17.3. The van der Waals surface area contributed by atoms with Crippen LogP contribution in [0.2, 0.25) is 0 Å². The number of pyridine rings is 1. The van der Waals surface area contributed by atoms with Gasteiger partial charge in [-0.15, -0.1) is 10.2 Å². The lowest BCUT2D eigenvalue weighted by atomic mass is 10.1. The third-order valence-electron chi connectivity index (χ3n) is 4.37. The molecule has 3 heterocycles. The predicted octanol–water partition coefficient (Wildman–Crippen LogP) is 2.61. The van der Waals surface area contributed by atoms with E-state index in [4.69, 9.17) is 0 Å². The lowest BCUT2D eigenvalue weighted by molar-refractivity contribution is -0.117. The second kappa shape index (κ2) is 7.65. The Morgan fingerprint density at radius 3 is 2.85 bits per heavy atom. The van der Waals surface area contributed by atoms with E-state index < -0.39 is 0 Å². The van der Waals surface area contributed by atoms with Crippen molar-refractivity contribution in [3.8, 4) is 0 Å². The monoisotopic (exact) mass is 432 g/mol. The minimum Gasteiger partial charge on any atom is -0.368 e. The number of halogens is 1. The van der Waals surface area contributed by atoms with Gasteiger partial charge in [0.2, 0.25) is 11.0 Å². The molecule has 0 spiro atoms. The molecule has 9 heteroatoms. The topological polar surface area (TPSA) is 74.2 Å². The van der Waals surface area contributed by atoms with E-state index in [1.54, 1.807) is 5.51 Å². The molecule has 1 aliphatic rings. The summed E-state index contributed by atoms with van der Waals surface area (Å²) < 4.78 is 1.03. The Bertz CT molecular complexity index is 911. The van der Waals surface area contributed by atoms with Crippen molar-refractivity contribution in [1.29, 1.82) is 0 Å². The Labute approximate surface area is 163 Å². The minimum absolute atomic E-state index is 0.0468. The van der Waals surface area contributed by atoms with Gasteiger partial charge in [0.05, 0.1) is 12.1 Å². The molecule has 7 nitrogen and oxygen atoms in total. The first-order valence-corrected chi connectivity index (χ1v) is 9.94. The van der Waals surface area contributed by atoms with Gasteiger partial charge in [-0.05, 0) is 24.3 Å². The molecule has 1 N–H and O–H groups in total. The molecule has 1 fully saturated rings. The molecule has 2 aromatic heterocycles. The first-order valence-electron chi connectivity index (χ1n) is 8.26. The highest BCUT2D eigenvalue weighted by molar-refractivity contribution is 9.10. The highest BCUT2D eigenvalue weighted by Gasteiger charge is 2.21. The van der Waals surface area contributed by atoms with Crippen LogP contribution in [0.1, 0.15) is 0 Å². The molecule has 26 heavy (non-hydrogen) atoms. The molecule has 4 rings (SSSR count). The van der Waals surface area contributed by atoms with Crippen molar-refractivity contribution in [3.63, 3.8) is 0 Å². The van der Waals surface area contributed by atoms with Crippen LogP contribution in [0.3, 0.4) is 0 Å². The van der Waals surface area contributed by atoms with E-state index in [1.165, 1.54) is 17.0 Å². The smallest absolute Gasteiger partial charge is 0.240 e. The molecule has 0 radical (unpaired) electrons. The van der Waals surface area contributed by atoms with Crippen molar-refractivity contribution in [3.05, 3.63) is 40.4 Å². The molecule has 0 bridgehead atoms. The Balaban J connectivity index is 1.38. The Hall–Kier alpha value is -2.10. The lowest BCUT2D eigenvalue weighted by Gasteiger charge is -2.36. The Kier molecular flexibility index (Phi) is 5.09. The van der Waals surface area contributed by atoms with E-state index in [9.17, 15) is 4.79 Å². The summed E-state index contributed by atoms with van der Waals surface area (Å²) in [6, 6.07) is 8.24. The van der Waals surface area contributed by atoms with Gasteiger partial charge in [-0.1, -0.05) is 27.3 Å². The van der Waals surface area contributed by atoms with Crippen LogP contribution >= 0.6 is 27.3 Å². The van der Waals surface area contributed by atoms with Gasteiger partial charge in [-0.2, -0.15) is 0 Å². The SMILES string of the molecule is O=C(CN1CCN(c2ccnc3cc(Br)ccc23)CC1)Nc1nncs1. The lowest BCUT2D eigenvalue weighted by Crippen LogP contribution is -2.48. The Morgan fingerprint density at radius 1 is 1.23 bits per heavy atom. The summed E-state index contributed by atoms with van der Waals surface area (Å²) in [5.74, 6) is -0.0468. The number of carbonyl (C=O) groups excluding carboxylic acids is 1. The van der Waals surface area contributed by atoms with Gasteiger partial charge < -0.3 is 4.90 Å². The molecule has 0 aliphatic carbocycles. The maximum Gasteiger partial charge on any atom is 0.240 e. The molecular formula is C17H17BrN6OS. The summed E-state index contributed by atoms with van der Waals surface area (Å²) in [6.07, 6.45) is 1.85. The van der Waals surface area contributed by atoms with Crippen LogP contribution in [-0.2, 0) is 4.79 Å². The van der Waals surface area contributed by atoms with Gasteiger partial charge in [-0.3, -0.25) is 20.0 Å². The number of aromatic nitrogens is 3. The van der Waals surface area contributed by atoms with Gasteiger partial charge in [-0.25, -0.2) is 0 Å². The zero-order chi connectivity index (χ0) is 17.9. The van der Waals surface area contributed by atoms with Gasteiger partial charge in [0.1, 0.15) is 5.51 Å². The third-order valence-corrected chi connectivity index (χ3v) is 5.47. The molecule has 0 unspecified atom stereocenters. The van der Waals surface area contributed by atoms with Gasteiger partial charge in [0.25, 0.3) is 0 Å². The van der Waals surface area contributed by atoms with Crippen molar-refractivity contribution in [2.45, 2.75) is 0 Å². The van der Waals surface area contributed by atoms with Crippen molar-refractivity contribution in [2.75, 3.05) is 42.9 Å². The molecular weight excluding hydrogens is 416 g/mol. The van der Waals surface area contributed by atoms with E-state index in [2.05, 4.69) is 58.4 Å². The quantitative estimate of drug-likeness (QED) is 0.682. The number of benzene rings is 1. The van der Waals surface area contributed by atoms with Crippen LogP contribution in [-0.4, -0.2) is 58.7 Å². The van der Waals surface area contributed by atoms with Crippen LogP contribution < -0.4 is 10.2 Å². The fraction of sp³-hybridized carbons (Fsp3) is 0.294. The number of amides is 1. The van der Waals surface area contributed by atoms with E-state index in [-0.39, 0.29) is 5.91 Å². The fourth-order valence-corrected chi connectivity index (χ4v) is 3.93. The molecule has 1 aromatic carbocycles. The number of nitrogens with one attached hydrogen (secondary N) is 1. The number of rotatable bonds is 4. The van der Waals surface area contributed by atoms with Crippen molar-refractivity contribution < 1.29 is 4.79 Å². The van der Waals surface area contributed by atoms with E-state index in [0.29, 0.717) is 11.7 Å². The number of hydrogen-bond acceptors (Lipinski definition) is 7. The van der Waals surface area contributed by atoms with Crippen LogP contribution in [0.15, 0.2) is 40.4 Å². The normalized spacial score (nSPS) is 15.3. The van der Waals surface area contributed by atoms with Crippen molar-refractivity contribution >= 4 is 54.9 Å². The number of hydrogen-bond donors (Lipinski definition) is 1. The van der Waals surface area contributed by atoms with Gasteiger partial charge >= 0.3 is 0 Å². The fourth-order valence-electron chi connectivity index (χ4n) is 3.12. The van der Waals surface area contributed by atoms with Crippen molar-refractivity contribution in [2.24, 2.45) is 0 Å². The summed E-state index contributed by atoms with van der Waals surface area (Å²) in [5.41, 5.74) is 3.78. The second-order valence-electron chi connectivity index (χ2n) is 6.05. The highest BCUT2D eigenvalue weighted by atomic mass is 79.9. The maximum atomic E-state index is 12.1. The molecule has 134 valence electrons. The summed E-state index contributed by atoms with van der Waals surface area (Å²) in [4.78, 5) is 21.1. The van der Waals surface area contributed by atoms with Crippen LogP contribution in [0.25, 0.3) is 10.9 Å². The van der Waals surface area contributed by atoms with Crippen molar-refractivity contribution in [1.82, 2.24) is 20.1 Å². The summed E-state index contributed by atoms with van der Waals surface area (Å²) in [6.45, 7) is 3.80. The number of nitrogens with zero attached hydrogens (tertiary/aromatic N) is 5. The standard InChI is InChI=1S/C17H17BrN6OS/c18-12-1-2-13-14(9-12)19-4-3-15(13)24-7-5-23(6-8-24)10-16(25)21-17-22-20-11-26-17/h1-4,9,11H,5-8,10H2,(H,21,22,25). The average Bonchev–Trinajstić information content (AvgIpc) is 3.14. The summed E-state index contributed by atoms with van der Waals surface area (Å²) >= 11 is 4.82. The van der Waals surface area contributed by atoms with E-state index >= 15 is 0 Å². The van der Waals surface area contributed by atoms with Gasteiger partial charge in [0, 0.05) is 47.9 Å². The number of anilines is 2. The molecule has 3 aromatic rings. The zero-order valence-electron chi connectivity index (χ0n) is 13.9. The second-order valence-corrected chi connectivity index (χ2v) is 7.80. The summed E-state index contributed by atoms with van der Waals surface area (Å²) in [5, 5.41) is 12.0. The highest BCUT2D eigenvalue weighted by Crippen LogP contribution is 2.28. The number of fused-ring (bicyclic) bond motifs is 1. The zero-order valence-corrected chi connectivity index (χ0v) is 16.3.